The summed E-state index contributed by atoms with van der Waals surface area (Å²) in [6.45, 7) is 7.28. The molecule has 2 aromatic rings. The fraction of sp³-hybridized carbons (Fsp3) is 0.375. The minimum atomic E-state index is 0.486. The topological polar surface area (TPSA) is 55.0 Å². The molecule has 0 aliphatic heterocycles. The first-order valence-electron chi connectivity index (χ1n) is 7.01. The summed E-state index contributed by atoms with van der Waals surface area (Å²) in [5.74, 6) is 0. The first kappa shape index (κ1) is 14.6. The van der Waals surface area contributed by atoms with Gasteiger partial charge in [0.2, 0.25) is 0 Å². The Hall–Kier alpha value is -1.78. The normalized spacial score (nSPS) is 11.0. The molecule has 0 bridgehead atoms. The predicted octanol–water partition coefficient (Wildman–Crippen LogP) is 2.27. The standard InChI is InChI=1S/C16H22N4/c1-3-20(11-15-8-4-6-13(2)18-15)12-16-9-5-7-14(10-17)19-16/h4-9H,3,10-12,17H2,1-2H3. The Morgan fingerprint density at radius 1 is 0.950 bits per heavy atom. The molecule has 0 aliphatic rings. The fourth-order valence-corrected chi connectivity index (χ4v) is 2.16. The largest absolute Gasteiger partial charge is 0.325 e. The van der Waals surface area contributed by atoms with E-state index in [1.165, 1.54) is 0 Å². The molecule has 2 heterocycles. The molecule has 20 heavy (non-hydrogen) atoms. The van der Waals surface area contributed by atoms with E-state index in [2.05, 4.69) is 33.9 Å². The number of aryl methyl sites for hydroxylation is 1. The molecule has 0 radical (unpaired) electrons. The number of hydrogen-bond donors (Lipinski definition) is 1. The van der Waals surface area contributed by atoms with E-state index >= 15 is 0 Å². The Balaban J connectivity index is 2.05. The molecule has 4 nitrogen and oxygen atoms in total. The van der Waals surface area contributed by atoms with Crippen LogP contribution in [-0.4, -0.2) is 21.4 Å². The Kier molecular flexibility index (Phi) is 5.21. The second kappa shape index (κ2) is 7.12. The lowest BCUT2D eigenvalue weighted by Crippen LogP contribution is -2.23. The molecule has 0 unspecified atom stereocenters. The van der Waals surface area contributed by atoms with Crippen molar-refractivity contribution in [2.75, 3.05) is 6.54 Å². The first-order valence-corrected chi connectivity index (χ1v) is 7.01. The summed E-state index contributed by atoms with van der Waals surface area (Å²) in [6.07, 6.45) is 0. The number of hydrogen-bond acceptors (Lipinski definition) is 4. The maximum atomic E-state index is 5.64. The highest BCUT2D eigenvalue weighted by molar-refractivity contribution is 5.12. The lowest BCUT2D eigenvalue weighted by Gasteiger charge is -2.20. The minimum absolute atomic E-state index is 0.486. The molecule has 106 valence electrons. The number of nitrogens with zero attached hydrogens (tertiary/aromatic N) is 3. The second-order valence-electron chi connectivity index (χ2n) is 4.90. The smallest absolute Gasteiger partial charge is 0.0548 e. The van der Waals surface area contributed by atoms with Crippen molar-refractivity contribution < 1.29 is 0 Å². The summed E-state index contributed by atoms with van der Waals surface area (Å²) < 4.78 is 0. The van der Waals surface area contributed by atoms with Crippen molar-refractivity contribution in [1.29, 1.82) is 0 Å². The van der Waals surface area contributed by atoms with Crippen molar-refractivity contribution in [3.05, 3.63) is 59.2 Å². The van der Waals surface area contributed by atoms with Crippen molar-refractivity contribution >= 4 is 0 Å². The highest BCUT2D eigenvalue weighted by Crippen LogP contribution is 2.08. The molecule has 2 N–H and O–H groups in total. The van der Waals surface area contributed by atoms with Crippen LogP contribution in [0.1, 0.15) is 29.7 Å². The Morgan fingerprint density at radius 3 is 2.15 bits per heavy atom. The maximum Gasteiger partial charge on any atom is 0.0548 e. The Morgan fingerprint density at radius 2 is 1.55 bits per heavy atom. The van der Waals surface area contributed by atoms with Gasteiger partial charge in [0.1, 0.15) is 0 Å². The second-order valence-corrected chi connectivity index (χ2v) is 4.90. The molecule has 0 aliphatic carbocycles. The van der Waals surface area contributed by atoms with Gasteiger partial charge < -0.3 is 5.73 Å². The van der Waals surface area contributed by atoms with Gasteiger partial charge in [0.15, 0.2) is 0 Å². The zero-order valence-electron chi connectivity index (χ0n) is 12.2. The van der Waals surface area contributed by atoms with Crippen molar-refractivity contribution in [3.8, 4) is 0 Å². The number of rotatable bonds is 6. The lowest BCUT2D eigenvalue weighted by molar-refractivity contribution is 0.264. The van der Waals surface area contributed by atoms with Crippen LogP contribution in [0, 0.1) is 6.92 Å². The van der Waals surface area contributed by atoms with Crippen LogP contribution in [0.15, 0.2) is 36.4 Å². The highest BCUT2D eigenvalue weighted by Gasteiger charge is 2.07. The first-order chi connectivity index (χ1) is 9.71. The molecular formula is C16H22N4. The summed E-state index contributed by atoms with van der Waals surface area (Å²) in [4.78, 5) is 11.4. The zero-order valence-corrected chi connectivity index (χ0v) is 12.2. The Labute approximate surface area is 120 Å². The molecule has 0 fully saturated rings. The van der Waals surface area contributed by atoms with Gasteiger partial charge in [-0.2, -0.15) is 0 Å². The van der Waals surface area contributed by atoms with E-state index < -0.39 is 0 Å². The van der Waals surface area contributed by atoms with Gasteiger partial charge >= 0.3 is 0 Å². The number of aromatic nitrogens is 2. The van der Waals surface area contributed by atoms with Gasteiger partial charge in [-0.05, 0) is 37.7 Å². The van der Waals surface area contributed by atoms with Crippen molar-refractivity contribution in [1.82, 2.24) is 14.9 Å². The van der Waals surface area contributed by atoms with Crippen LogP contribution < -0.4 is 5.73 Å². The van der Waals surface area contributed by atoms with Crippen LogP contribution in [0.4, 0.5) is 0 Å². The van der Waals surface area contributed by atoms with E-state index in [4.69, 9.17) is 5.73 Å². The Bertz CT molecular complexity index is 554. The van der Waals surface area contributed by atoms with E-state index in [9.17, 15) is 0 Å². The zero-order chi connectivity index (χ0) is 14.4. The average molecular weight is 270 g/mol. The molecule has 0 spiro atoms. The number of nitrogens with two attached hydrogens (primary N) is 1. The maximum absolute atomic E-state index is 5.64. The monoisotopic (exact) mass is 270 g/mol. The van der Waals surface area contributed by atoms with Gasteiger partial charge in [0, 0.05) is 25.3 Å². The van der Waals surface area contributed by atoms with Crippen molar-refractivity contribution in [2.45, 2.75) is 33.5 Å². The fourth-order valence-electron chi connectivity index (χ4n) is 2.16. The van der Waals surface area contributed by atoms with Gasteiger partial charge in [-0.15, -0.1) is 0 Å². The third-order valence-corrected chi connectivity index (χ3v) is 3.24. The SMILES string of the molecule is CCN(Cc1cccc(C)n1)Cc1cccc(CN)n1. The third-order valence-electron chi connectivity index (χ3n) is 3.24. The predicted molar refractivity (Wildman–Crippen MR) is 80.9 cm³/mol. The van der Waals surface area contributed by atoms with Crippen LogP contribution in [0.3, 0.4) is 0 Å². The lowest BCUT2D eigenvalue weighted by atomic mass is 10.2. The third kappa shape index (κ3) is 4.11. The summed E-state index contributed by atoms with van der Waals surface area (Å²) in [7, 11) is 0. The summed E-state index contributed by atoms with van der Waals surface area (Å²) in [5.41, 5.74) is 9.79. The van der Waals surface area contributed by atoms with Gasteiger partial charge in [-0.25, -0.2) is 0 Å². The van der Waals surface area contributed by atoms with Crippen LogP contribution in [0.5, 0.6) is 0 Å². The van der Waals surface area contributed by atoms with E-state index in [-0.39, 0.29) is 0 Å². The molecule has 2 rings (SSSR count). The van der Waals surface area contributed by atoms with E-state index in [0.29, 0.717) is 6.54 Å². The van der Waals surface area contributed by atoms with Crippen LogP contribution in [-0.2, 0) is 19.6 Å². The van der Waals surface area contributed by atoms with Gasteiger partial charge in [-0.1, -0.05) is 19.1 Å². The molecule has 0 atom stereocenters. The van der Waals surface area contributed by atoms with Crippen LogP contribution >= 0.6 is 0 Å². The van der Waals surface area contributed by atoms with Crippen molar-refractivity contribution in [3.63, 3.8) is 0 Å². The molecule has 0 saturated carbocycles. The van der Waals surface area contributed by atoms with Gasteiger partial charge in [0.05, 0.1) is 17.1 Å². The minimum Gasteiger partial charge on any atom is -0.325 e. The summed E-state index contributed by atoms with van der Waals surface area (Å²) in [5, 5.41) is 0. The molecule has 2 aromatic heterocycles. The van der Waals surface area contributed by atoms with Crippen LogP contribution in [0.2, 0.25) is 0 Å². The molecule has 0 saturated heterocycles. The van der Waals surface area contributed by atoms with E-state index in [1.807, 2.05) is 31.2 Å². The average Bonchev–Trinajstić information content (AvgIpc) is 2.47. The number of pyridine rings is 2. The van der Waals surface area contributed by atoms with E-state index in [1.54, 1.807) is 0 Å². The quantitative estimate of drug-likeness (QED) is 0.875. The molecule has 0 aromatic carbocycles. The van der Waals surface area contributed by atoms with E-state index in [0.717, 1.165) is 42.4 Å². The summed E-state index contributed by atoms with van der Waals surface area (Å²) >= 11 is 0. The molecular weight excluding hydrogens is 248 g/mol. The van der Waals surface area contributed by atoms with Crippen LogP contribution in [0.25, 0.3) is 0 Å². The molecule has 0 amide bonds. The van der Waals surface area contributed by atoms with Crippen molar-refractivity contribution in [2.24, 2.45) is 5.73 Å². The summed E-state index contributed by atoms with van der Waals surface area (Å²) in [6, 6.07) is 12.2. The van der Waals surface area contributed by atoms with Gasteiger partial charge in [-0.3, -0.25) is 14.9 Å². The highest BCUT2D eigenvalue weighted by atomic mass is 15.1. The molecule has 4 heteroatoms. The van der Waals surface area contributed by atoms with Gasteiger partial charge in [0.25, 0.3) is 0 Å².